The van der Waals surface area contributed by atoms with Gasteiger partial charge in [0.15, 0.2) is 6.61 Å². The second-order valence-electron chi connectivity index (χ2n) is 6.85. The minimum Gasteiger partial charge on any atom is -0.482 e. The van der Waals surface area contributed by atoms with E-state index in [2.05, 4.69) is 0 Å². The number of aliphatic carboxylic acids is 1. The molecule has 29 heavy (non-hydrogen) atoms. The fourth-order valence-electron chi connectivity index (χ4n) is 2.95. The molecule has 1 N–H and O–H groups in total. The maximum atomic E-state index is 12.8. The molecule has 148 valence electrons. The van der Waals surface area contributed by atoms with E-state index in [4.69, 9.17) is 9.84 Å². The zero-order valence-corrected chi connectivity index (χ0v) is 16.5. The van der Waals surface area contributed by atoms with Crippen LogP contribution in [0.4, 0.5) is 0 Å². The molecule has 3 aromatic rings. The lowest BCUT2D eigenvalue weighted by Crippen LogP contribution is -2.10. The normalized spacial score (nSPS) is 11.0. The smallest absolute Gasteiger partial charge is 0.341 e. The number of carboxylic acids is 1. The van der Waals surface area contributed by atoms with E-state index in [1.165, 1.54) is 0 Å². The fourth-order valence-corrected chi connectivity index (χ4v) is 2.95. The van der Waals surface area contributed by atoms with Gasteiger partial charge in [-0.25, -0.2) is 4.79 Å². The van der Waals surface area contributed by atoms with Crippen molar-refractivity contribution in [3.8, 4) is 5.75 Å². The molecule has 0 spiro atoms. The molecule has 1 heterocycles. The molecule has 0 saturated heterocycles. The van der Waals surface area contributed by atoms with E-state index in [1.807, 2.05) is 91.4 Å². The summed E-state index contributed by atoms with van der Waals surface area (Å²) >= 11 is 0. The number of aromatic nitrogens is 1. The number of ketones is 1. The Hall–Kier alpha value is -3.60. The molecule has 0 saturated carbocycles. The highest BCUT2D eigenvalue weighted by atomic mass is 16.5. The molecule has 5 nitrogen and oxygen atoms in total. The molecule has 0 aliphatic carbocycles. The quantitative estimate of drug-likeness (QED) is 0.576. The summed E-state index contributed by atoms with van der Waals surface area (Å²) in [5.41, 5.74) is 4.19. The van der Waals surface area contributed by atoms with E-state index in [1.54, 1.807) is 0 Å². The van der Waals surface area contributed by atoms with E-state index in [-0.39, 0.29) is 12.4 Å². The zero-order valence-electron chi connectivity index (χ0n) is 16.5. The summed E-state index contributed by atoms with van der Waals surface area (Å²) in [6, 6.07) is 16.9. The van der Waals surface area contributed by atoms with E-state index in [9.17, 15) is 9.59 Å². The molecule has 0 aliphatic rings. The van der Waals surface area contributed by atoms with E-state index < -0.39 is 5.97 Å². The van der Waals surface area contributed by atoms with Crippen LogP contribution in [-0.4, -0.2) is 28.0 Å². The van der Waals surface area contributed by atoms with Gasteiger partial charge in [-0.05, 0) is 43.2 Å². The van der Waals surface area contributed by atoms with Crippen LogP contribution in [0.15, 0.2) is 66.9 Å². The third-order valence-electron chi connectivity index (χ3n) is 4.55. The van der Waals surface area contributed by atoms with Gasteiger partial charge in [-0.3, -0.25) is 4.79 Å². The molecule has 0 radical (unpaired) electrons. The standard InChI is InChI=1S/C24H23NO4/c1-17-7-11-20(12-8-17)24(28)21-6-4-14-25(21)13-3-5-19-10-9-18(2)22(15-19)29-16-23(26)27/h3-12,14-15H,13,16H2,1-2H3,(H,26,27)/b5-3+. The van der Waals surface area contributed by atoms with Gasteiger partial charge in [0.05, 0.1) is 5.69 Å². The molecule has 0 amide bonds. The molecule has 1 aromatic heterocycles. The second-order valence-corrected chi connectivity index (χ2v) is 6.85. The van der Waals surface area contributed by atoms with Crippen molar-refractivity contribution >= 4 is 17.8 Å². The summed E-state index contributed by atoms with van der Waals surface area (Å²) in [6.07, 6.45) is 5.76. The Bertz CT molecular complexity index is 1040. The Balaban J connectivity index is 1.71. The van der Waals surface area contributed by atoms with Crippen molar-refractivity contribution in [3.63, 3.8) is 0 Å². The van der Waals surface area contributed by atoms with Crippen LogP contribution in [0, 0.1) is 13.8 Å². The fraction of sp³-hybridized carbons (Fsp3) is 0.167. The van der Waals surface area contributed by atoms with Crippen LogP contribution in [0.25, 0.3) is 6.08 Å². The molecule has 0 atom stereocenters. The first kappa shape index (κ1) is 20.1. The number of benzene rings is 2. The van der Waals surface area contributed by atoms with Gasteiger partial charge in [0.1, 0.15) is 5.75 Å². The highest BCUT2D eigenvalue weighted by molar-refractivity contribution is 6.08. The second kappa shape index (κ2) is 9.06. The van der Waals surface area contributed by atoms with Crippen LogP contribution in [0.1, 0.15) is 32.7 Å². The van der Waals surface area contributed by atoms with Gasteiger partial charge < -0.3 is 14.4 Å². The first-order valence-electron chi connectivity index (χ1n) is 9.32. The highest BCUT2D eigenvalue weighted by Gasteiger charge is 2.12. The highest BCUT2D eigenvalue weighted by Crippen LogP contribution is 2.20. The molecule has 0 bridgehead atoms. The minimum atomic E-state index is -1.01. The first-order chi connectivity index (χ1) is 13.9. The number of hydrogen-bond acceptors (Lipinski definition) is 3. The van der Waals surface area contributed by atoms with Crippen LogP contribution in [0.2, 0.25) is 0 Å². The largest absolute Gasteiger partial charge is 0.482 e. The van der Waals surface area contributed by atoms with Gasteiger partial charge >= 0.3 is 5.97 Å². The Labute approximate surface area is 169 Å². The molecule has 0 fully saturated rings. The summed E-state index contributed by atoms with van der Waals surface area (Å²) in [5, 5.41) is 8.78. The monoisotopic (exact) mass is 389 g/mol. The lowest BCUT2D eigenvalue weighted by Gasteiger charge is -2.08. The van der Waals surface area contributed by atoms with E-state index in [0.29, 0.717) is 23.6 Å². The molecular weight excluding hydrogens is 366 g/mol. The Morgan fingerprint density at radius 1 is 1.07 bits per heavy atom. The van der Waals surface area contributed by atoms with Crippen LogP contribution >= 0.6 is 0 Å². The number of carboxylic acid groups (broad SMARTS) is 1. The number of carbonyl (C=O) groups excluding carboxylic acids is 1. The lowest BCUT2D eigenvalue weighted by atomic mass is 10.1. The number of ether oxygens (including phenoxy) is 1. The third kappa shape index (κ3) is 5.23. The molecular formula is C24H23NO4. The molecule has 5 heteroatoms. The summed E-state index contributed by atoms with van der Waals surface area (Å²) in [5.74, 6) is -0.474. The van der Waals surface area contributed by atoms with Gasteiger partial charge in [0.25, 0.3) is 0 Å². The predicted molar refractivity (Wildman–Crippen MR) is 112 cm³/mol. The van der Waals surface area contributed by atoms with Gasteiger partial charge in [0, 0.05) is 18.3 Å². The summed E-state index contributed by atoms with van der Waals surface area (Å²) in [7, 11) is 0. The number of carbonyl (C=O) groups is 2. The van der Waals surface area contributed by atoms with Gasteiger partial charge in [-0.15, -0.1) is 0 Å². The first-order valence-corrected chi connectivity index (χ1v) is 9.32. The van der Waals surface area contributed by atoms with Crippen molar-refractivity contribution in [2.24, 2.45) is 0 Å². The maximum absolute atomic E-state index is 12.8. The topological polar surface area (TPSA) is 68.5 Å². The van der Waals surface area contributed by atoms with E-state index >= 15 is 0 Å². The maximum Gasteiger partial charge on any atom is 0.341 e. The van der Waals surface area contributed by atoms with Crippen molar-refractivity contribution in [2.45, 2.75) is 20.4 Å². The zero-order chi connectivity index (χ0) is 20.8. The van der Waals surface area contributed by atoms with Gasteiger partial charge in [0.2, 0.25) is 5.78 Å². The van der Waals surface area contributed by atoms with Crippen LogP contribution in [-0.2, 0) is 11.3 Å². The number of allylic oxidation sites excluding steroid dienone is 1. The minimum absolute atomic E-state index is 0.0110. The van der Waals surface area contributed by atoms with Gasteiger partial charge in [-0.1, -0.05) is 54.1 Å². The van der Waals surface area contributed by atoms with Crippen molar-refractivity contribution in [1.29, 1.82) is 0 Å². The number of nitrogens with zero attached hydrogens (tertiary/aromatic N) is 1. The average molecular weight is 389 g/mol. The van der Waals surface area contributed by atoms with Crippen molar-refractivity contribution in [1.82, 2.24) is 4.57 Å². The van der Waals surface area contributed by atoms with Crippen molar-refractivity contribution < 1.29 is 19.4 Å². The summed E-state index contributed by atoms with van der Waals surface area (Å²) in [6.45, 7) is 4.03. The molecule has 0 aliphatic heterocycles. The number of hydrogen-bond donors (Lipinski definition) is 1. The Kier molecular flexibility index (Phi) is 6.29. The van der Waals surface area contributed by atoms with Crippen LogP contribution < -0.4 is 4.74 Å². The van der Waals surface area contributed by atoms with Crippen LogP contribution in [0.5, 0.6) is 5.75 Å². The van der Waals surface area contributed by atoms with E-state index in [0.717, 1.165) is 16.7 Å². The molecule has 0 unspecified atom stereocenters. The molecule has 2 aromatic carbocycles. The predicted octanol–water partition coefficient (Wildman–Crippen LogP) is 4.51. The molecule has 3 rings (SSSR count). The summed E-state index contributed by atoms with van der Waals surface area (Å²) in [4.78, 5) is 23.5. The summed E-state index contributed by atoms with van der Waals surface area (Å²) < 4.78 is 7.21. The van der Waals surface area contributed by atoms with Crippen molar-refractivity contribution in [3.05, 3.63) is 94.8 Å². The Morgan fingerprint density at radius 2 is 1.83 bits per heavy atom. The average Bonchev–Trinajstić information content (AvgIpc) is 3.16. The van der Waals surface area contributed by atoms with Crippen molar-refractivity contribution in [2.75, 3.05) is 6.61 Å². The SMILES string of the molecule is Cc1ccc(C(=O)c2cccn2C/C=C/c2ccc(C)c(OCC(=O)O)c2)cc1. The number of rotatable bonds is 8. The Morgan fingerprint density at radius 3 is 2.55 bits per heavy atom. The van der Waals surface area contributed by atoms with Crippen LogP contribution in [0.3, 0.4) is 0 Å². The number of aryl methyl sites for hydroxylation is 2. The third-order valence-corrected chi connectivity index (χ3v) is 4.55. The van der Waals surface area contributed by atoms with Gasteiger partial charge in [-0.2, -0.15) is 0 Å². The lowest BCUT2D eigenvalue weighted by molar-refractivity contribution is -0.139.